The third-order valence-corrected chi connectivity index (χ3v) is 6.52. The predicted molar refractivity (Wildman–Crippen MR) is 96.6 cm³/mol. The number of nitrogens with zero attached hydrogens (tertiary/aromatic N) is 1. The molecule has 6 nitrogen and oxygen atoms in total. The molecule has 0 aromatic heterocycles. The van der Waals surface area contributed by atoms with Gasteiger partial charge in [0.2, 0.25) is 5.91 Å². The van der Waals surface area contributed by atoms with Crippen LogP contribution in [0.1, 0.15) is 57.8 Å². The Morgan fingerprint density at radius 2 is 1.71 bits per heavy atom. The zero-order valence-electron chi connectivity index (χ0n) is 14.9. The molecule has 140 valence electrons. The van der Waals surface area contributed by atoms with Gasteiger partial charge in [-0.25, -0.2) is 8.42 Å². The Balaban J connectivity index is 1.91. The van der Waals surface area contributed by atoms with Gasteiger partial charge in [-0.1, -0.05) is 25.7 Å². The minimum atomic E-state index is -3.09. The quantitative estimate of drug-likeness (QED) is 0.709. The van der Waals surface area contributed by atoms with Crippen molar-refractivity contribution in [2.45, 2.75) is 69.4 Å². The maximum atomic E-state index is 12.3. The minimum absolute atomic E-state index is 0.0428. The van der Waals surface area contributed by atoms with E-state index < -0.39 is 15.9 Å². The van der Waals surface area contributed by atoms with Crippen LogP contribution in [0.4, 0.5) is 0 Å². The van der Waals surface area contributed by atoms with Crippen LogP contribution in [0.15, 0.2) is 0 Å². The van der Waals surface area contributed by atoms with Crippen LogP contribution in [0.5, 0.6) is 0 Å². The Kier molecular flexibility index (Phi) is 7.07. The molecule has 24 heavy (non-hydrogen) atoms. The number of hydrogen-bond acceptors (Lipinski definition) is 5. The molecule has 0 spiro atoms. The smallest absolute Gasteiger partial charge is 0.237 e. The van der Waals surface area contributed by atoms with E-state index >= 15 is 0 Å². The monoisotopic (exact) mass is 359 g/mol. The highest BCUT2D eigenvalue weighted by molar-refractivity contribution is 7.90. The van der Waals surface area contributed by atoms with E-state index in [-0.39, 0.29) is 23.6 Å². The molecule has 1 saturated carbocycles. The topological polar surface area (TPSA) is 92.5 Å². The fourth-order valence-corrected chi connectivity index (χ4v) is 4.72. The molecule has 0 aromatic carbocycles. The molecule has 2 fully saturated rings. The molecule has 1 aliphatic heterocycles. The summed E-state index contributed by atoms with van der Waals surface area (Å²) in [6.45, 7) is 2.88. The highest BCUT2D eigenvalue weighted by Crippen LogP contribution is 2.35. The van der Waals surface area contributed by atoms with Crippen LogP contribution in [0, 0.1) is 0 Å². The largest absolute Gasteiger partial charge is 0.353 e. The van der Waals surface area contributed by atoms with Gasteiger partial charge >= 0.3 is 0 Å². The van der Waals surface area contributed by atoms with Crippen LogP contribution in [0.2, 0.25) is 0 Å². The summed E-state index contributed by atoms with van der Waals surface area (Å²) in [5.41, 5.74) is 5.95. The van der Waals surface area contributed by atoms with E-state index in [1.807, 2.05) is 0 Å². The summed E-state index contributed by atoms with van der Waals surface area (Å²) in [7, 11) is -3.09. The Hall–Kier alpha value is -0.660. The van der Waals surface area contributed by atoms with Crippen molar-refractivity contribution in [2.75, 3.05) is 31.6 Å². The first-order valence-corrected chi connectivity index (χ1v) is 11.3. The van der Waals surface area contributed by atoms with E-state index in [0.29, 0.717) is 6.54 Å². The number of piperidine rings is 1. The number of likely N-dealkylation sites (tertiary alicyclic amines) is 1. The highest BCUT2D eigenvalue weighted by atomic mass is 32.2. The average molecular weight is 360 g/mol. The molecule has 2 aliphatic rings. The number of sulfone groups is 1. The van der Waals surface area contributed by atoms with Crippen LogP contribution in [-0.4, -0.2) is 62.4 Å². The maximum Gasteiger partial charge on any atom is 0.237 e. The minimum Gasteiger partial charge on any atom is -0.353 e. The fourth-order valence-electron chi connectivity index (χ4n) is 4.04. The lowest BCUT2D eigenvalue weighted by Gasteiger charge is -2.48. The molecule has 3 N–H and O–H groups in total. The van der Waals surface area contributed by atoms with Crippen molar-refractivity contribution in [1.29, 1.82) is 0 Å². The second kappa shape index (κ2) is 8.63. The van der Waals surface area contributed by atoms with Crippen molar-refractivity contribution >= 4 is 15.7 Å². The number of rotatable bonds is 7. The van der Waals surface area contributed by atoms with Gasteiger partial charge in [0.15, 0.2) is 0 Å². The standard InChI is InChI=1S/C17H33N3O3S/c1-24(22,23)13-8-15(18)16(21)19-14-17(9-4-2-5-10-17)20-11-6-3-7-12-20/h15H,2-14,18H2,1H3,(H,19,21). The Labute approximate surface area is 146 Å². The van der Waals surface area contributed by atoms with E-state index in [1.165, 1.54) is 44.8 Å². The average Bonchev–Trinajstić information content (AvgIpc) is 2.58. The maximum absolute atomic E-state index is 12.3. The van der Waals surface area contributed by atoms with E-state index in [0.717, 1.165) is 25.9 Å². The van der Waals surface area contributed by atoms with Crippen LogP contribution in [0.3, 0.4) is 0 Å². The summed E-state index contributed by atoms with van der Waals surface area (Å²) in [5.74, 6) is -0.264. The summed E-state index contributed by atoms with van der Waals surface area (Å²) < 4.78 is 22.5. The molecular formula is C17H33N3O3S. The van der Waals surface area contributed by atoms with Gasteiger partial charge in [-0.2, -0.15) is 0 Å². The summed E-state index contributed by atoms with van der Waals surface area (Å²) in [6.07, 6.45) is 11.1. The van der Waals surface area contributed by atoms with Crippen molar-refractivity contribution in [3.8, 4) is 0 Å². The highest BCUT2D eigenvalue weighted by Gasteiger charge is 2.38. The summed E-state index contributed by atoms with van der Waals surface area (Å²) >= 11 is 0. The normalized spacial score (nSPS) is 23.6. The first-order valence-electron chi connectivity index (χ1n) is 9.28. The van der Waals surface area contributed by atoms with Gasteiger partial charge in [0.1, 0.15) is 9.84 Å². The molecule has 1 heterocycles. The molecule has 1 unspecified atom stereocenters. The van der Waals surface area contributed by atoms with E-state index in [9.17, 15) is 13.2 Å². The zero-order valence-corrected chi connectivity index (χ0v) is 15.7. The lowest BCUT2D eigenvalue weighted by atomic mass is 9.79. The summed E-state index contributed by atoms with van der Waals surface area (Å²) in [4.78, 5) is 14.9. The first kappa shape index (κ1) is 19.7. The van der Waals surface area contributed by atoms with E-state index in [1.54, 1.807) is 0 Å². The van der Waals surface area contributed by atoms with Crippen LogP contribution < -0.4 is 11.1 Å². The number of nitrogens with one attached hydrogen (secondary N) is 1. The van der Waals surface area contributed by atoms with Crippen molar-refractivity contribution in [2.24, 2.45) is 5.73 Å². The van der Waals surface area contributed by atoms with Gasteiger partial charge in [0.05, 0.1) is 11.8 Å². The molecule has 1 atom stereocenters. The molecule has 1 amide bonds. The van der Waals surface area contributed by atoms with Gasteiger partial charge in [-0.3, -0.25) is 9.69 Å². The van der Waals surface area contributed by atoms with Crippen molar-refractivity contribution < 1.29 is 13.2 Å². The van der Waals surface area contributed by atoms with Crippen molar-refractivity contribution in [1.82, 2.24) is 10.2 Å². The van der Waals surface area contributed by atoms with Crippen molar-refractivity contribution in [3.05, 3.63) is 0 Å². The fraction of sp³-hybridized carbons (Fsp3) is 0.941. The molecule has 0 radical (unpaired) electrons. The van der Waals surface area contributed by atoms with Gasteiger partial charge in [0.25, 0.3) is 0 Å². The van der Waals surface area contributed by atoms with Gasteiger partial charge in [-0.15, -0.1) is 0 Å². The van der Waals surface area contributed by atoms with Gasteiger partial charge in [-0.05, 0) is 45.2 Å². The SMILES string of the molecule is CS(=O)(=O)CCC(N)C(=O)NCC1(N2CCCCC2)CCCCC1. The molecule has 2 rings (SSSR count). The number of amides is 1. The van der Waals surface area contributed by atoms with E-state index in [2.05, 4.69) is 10.2 Å². The Bertz CT molecular complexity index is 509. The molecule has 0 aromatic rings. The van der Waals surface area contributed by atoms with E-state index in [4.69, 9.17) is 5.73 Å². The van der Waals surface area contributed by atoms with Crippen LogP contribution >= 0.6 is 0 Å². The molecule has 1 saturated heterocycles. The number of hydrogen-bond donors (Lipinski definition) is 2. The third-order valence-electron chi connectivity index (χ3n) is 5.54. The first-order chi connectivity index (χ1) is 11.3. The van der Waals surface area contributed by atoms with Crippen LogP contribution in [0.25, 0.3) is 0 Å². The summed E-state index contributed by atoms with van der Waals surface area (Å²) in [5, 5.41) is 3.03. The zero-order chi connectivity index (χ0) is 17.6. The van der Waals surface area contributed by atoms with Gasteiger partial charge < -0.3 is 11.1 Å². The second-order valence-electron chi connectivity index (χ2n) is 7.58. The lowest BCUT2D eigenvalue weighted by molar-refractivity contribution is -0.123. The lowest BCUT2D eigenvalue weighted by Crippen LogP contribution is -2.59. The van der Waals surface area contributed by atoms with Crippen molar-refractivity contribution in [3.63, 3.8) is 0 Å². The Morgan fingerprint density at radius 1 is 1.12 bits per heavy atom. The predicted octanol–water partition coefficient (Wildman–Crippen LogP) is 1.05. The Morgan fingerprint density at radius 3 is 2.29 bits per heavy atom. The third kappa shape index (κ3) is 5.70. The number of nitrogens with two attached hydrogens (primary N) is 1. The molecule has 0 bridgehead atoms. The number of carbonyl (C=O) groups is 1. The molecule has 1 aliphatic carbocycles. The summed E-state index contributed by atoms with van der Waals surface area (Å²) in [6, 6.07) is -0.748. The molecular weight excluding hydrogens is 326 g/mol. The van der Waals surface area contributed by atoms with Crippen LogP contribution in [-0.2, 0) is 14.6 Å². The molecule has 7 heteroatoms. The number of carbonyl (C=O) groups excluding carboxylic acids is 1. The van der Waals surface area contributed by atoms with Gasteiger partial charge in [0, 0.05) is 18.3 Å². The second-order valence-corrected chi connectivity index (χ2v) is 9.84.